The first kappa shape index (κ1) is 11.5. The summed E-state index contributed by atoms with van der Waals surface area (Å²) < 4.78 is 0. The maximum Gasteiger partial charge on any atom is 0.224 e. The van der Waals surface area contributed by atoms with Crippen LogP contribution in [0.15, 0.2) is 6.20 Å². The van der Waals surface area contributed by atoms with Crippen LogP contribution in [0.4, 0.5) is 11.5 Å². The zero-order chi connectivity index (χ0) is 11.7. The standard InChI is InChI=1S/C11H17ClN4/c1-7-3-4-8(2)16(6-7)10-9(13)5-14-11(12)15-10/h5,7-8H,3-4,6,13H2,1-2H3. The van der Waals surface area contributed by atoms with Crippen LogP contribution in [-0.2, 0) is 0 Å². The number of anilines is 2. The highest BCUT2D eigenvalue weighted by Crippen LogP contribution is 2.29. The lowest BCUT2D eigenvalue weighted by Gasteiger charge is -2.38. The summed E-state index contributed by atoms with van der Waals surface area (Å²) in [5.74, 6) is 1.45. The van der Waals surface area contributed by atoms with E-state index in [9.17, 15) is 0 Å². The van der Waals surface area contributed by atoms with Gasteiger partial charge in [0.2, 0.25) is 5.28 Å². The van der Waals surface area contributed by atoms with E-state index in [0.29, 0.717) is 17.6 Å². The van der Waals surface area contributed by atoms with E-state index in [1.54, 1.807) is 6.20 Å². The molecule has 0 aliphatic carbocycles. The van der Waals surface area contributed by atoms with Gasteiger partial charge in [0.15, 0.2) is 5.82 Å². The molecule has 2 N–H and O–H groups in total. The van der Waals surface area contributed by atoms with Crippen molar-refractivity contribution in [1.29, 1.82) is 0 Å². The Morgan fingerprint density at radius 3 is 2.94 bits per heavy atom. The second kappa shape index (κ2) is 4.45. The number of hydrogen-bond acceptors (Lipinski definition) is 4. The molecule has 5 heteroatoms. The predicted octanol–water partition coefficient (Wildman–Crippen LogP) is 2.34. The Labute approximate surface area is 101 Å². The fraction of sp³-hybridized carbons (Fsp3) is 0.636. The molecular formula is C11H17ClN4. The molecule has 16 heavy (non-hydrogen) atoms. The smallest absolute Gasteiger partial charge is 0.224 e. The summed E-state index contributed by atoms with van der Waals surface area (Å²) >= 11 is 5.82. The average molecular weight is 241 g/mol. The summed E-state index contributed by atoms with van der Waals surface area (Å²) in [6, 6.07) is 0.462. The molecule has 1 aromatic rings. The van der Waals surface area contributed by atoms with Crippen LogP contribution in [0.2, 0.25) is 5.28 Å². The van der Waals surface area contributed by atoms with Crippen molar-refractivity contribution >= 4 is 23.1 Å². The maximum absolute atomic E-state index is 5.90. The summed E-state index contributed by atoms with van der Waals surface area (Å²) in [5.41, 5.74) is 6.50. The van der Waals surface area contributed by atoms with Crippen LogP contribution in [0.1, 0.15) is 26.7 Å². The molecule has 1 aromatic heterocycles. The van der Waals surface area contributed by atoms with Gasteiger partial charge in [-0.1, -0.05) is 6.92 Å². The lowest BCUT2D eigenvalue weighted by molar-refractivity contribution is 0.388. The Balaban J connectivity index is 2.30. The summed E-state index contributed by atoms with van der Waals surface area (Å²) in [4.78, 5) is 10.4. The van der Waals surface area contributed by atoms with Gasteiger partial charge in [-0.05, 0) is 37.3 Å². The van der Waals surface area contributed by atoms with Crippen LogP contribution in [-0.4, -0.2) is 22.6 Å². The number of halogens is 1. The van der Waals surface area contributed by atoms with E-state index in [4.69, 9.17) is 17.3 Å². The molecule has 4 nitrogen and oxygen atoms in total. The van der Waals surface area contributed by atoms with E-state index in [1.165, 1.54) is 12.8 Å². The number of hydrogen-bond donors (Lipinski definition) is 1. The molecule has 0 radical (unpaired) electrons. The van der Waals surface area contributed by atoms with Gasteiger partial charge in [0, 0.05) is 12.6 Å². The van der Waals surface area contributed by atoms with E-state index in [0.717, 1.165) is 12.4 Å². The number of rotatable bonds is 1. The van der Waals surface area contributed by atoms with E-state index in [1.807, 2.05) is 0 Å². The fourth-order valence-corrected chi connectivity index (χ4v) is 2.30. The van der Waals surface area contributed by atoms with Crippen molar-refractivity contribution in [3.8, 4) is 0 Å². The highest BCUT2D eigenvalue weighted by atomic mass is 35.5. The number of piperidine rings is 1. The van der Waals surface area contributed by atoms with Gasteiger partial charge in [-0.3, -0.25) is 0 Å². The van der Waals surface area contributed by atoms with Gasteiger partial charge >= 0.3 is 0 Å². The van der Waals surface area contributed by atoms with E-state index < -0.39 is 0 Å². The van der Waals surface area contributed by atoms with Gasteiger partial charge in [-0.25, -0.2) is 4.98 Å². The minimum atomic E-state index is 0.259. The molecule has 88 valence electrons. The molecule has 0 bridgehead atoms. The first-order valence-electron chi connectivity index (χ1n) is 5.62. The molecule has 1 aliphatic rings. The van der Waals surface area contributed by atoms with Gasteiger partial charge in [-0.2, -0.15) is 4.98 Å². The van der Waals surface area contributed by atoms with Crippen molar-refractivity contribution in [2.24, 2.45) is 5.92 Å². The molecule has 0 saturated carbocycles. The number of nitrogens with two attached hydrogens (primary N) is 1. The third kappa shape index (κ3) is 2.21. The first-order valence-corrected chi connectivity index (χ1v) is 6.00. The molecule has 0 amide bonds. The Morgan fingerprint density at radius 2 is 2.19 bits per heavy atom. The average Bonchev–Trinajstić information content (AvgIpc) is 2.25. The molecule has 1 saturated heterocycles. The summed E-state index contributed by atoms with van der Waals surface area (Å²) in [6.07, 6.45) is 4.01. The van der Waals surface area contributed by atoms with Crippen molar-refractivity contribution in [2.45, 2.75) is 32.7 Å². The maximum atomic E-state index is 5.90. The van der Waals surface area contributed by atoms with Crippen molar-refractivity contribution in [2.75, 3.05) is 17.2 Å². The lowest BCUT2D eigenvalue weighted by Crippen LogP contribution is -2.42. The predicted molar refractivity (Wildman–Crippen MR) is 66.7 cm³/mol. The quantitative estimate of drug-likeness (QED) is 0.766. The summed E-state index contributed by atoms with van der Waals surface area (Å²) in [7, 11) is 0. The van der Waals surface area contributed by atoms with E-state index >= 15 is 0 Å². The second-order valence-electron chi connectivity index (χ2n) is 4.60. The Morgan fingerprint density at radius 1 is 1.44 bits per heavy atom. The molecular weight excluding hydrogens is 224 g/mol. The monoisotopic (exact) mass is 240 g/mol. The van der Waals surface area contributed by atoms with E-state index in [2.05, 4.69) is 28.7 Å². The third-order valence-corrected chi connectivity index (χ3v) is 3.34. The van der Waals surface area contributed by atoms with Crippen LogP contribution in [0, 0.1) is 5.92 Å². The molecule has 2 rings (SSSR count). The molecule has 1 aliphatic heterocycles. The van der Waals surface area contributed by atoms with Gasteiger partial charge in [0.05, 0.1) is 11.9 Å². The van der Waals surface area contributed by atoms with Gasteiger partial charge in [0.25, 0.3) is 0 Å². The Hall–Kier alpha value is -1.03. The van der Waals surface area contributed by atoms with Crippen LogP contribution in [0.3, 0.4) is 0 Å². The topological polar surface area (TPSA) is 55.0 Å². The minimum absolute atomic E-state index is 0.259. The molecule has 2 atom stereocenters. The van der Waals surface area contributed by atoms with Crippen molar-refractivity contribution in [3.63, 3.8) is 0 Å². The van der Waals surface area contributed by atoms with Crippen molar-refractivity contribution in [1.82, 2.24) is 9.97 Å². The summed E-state index contributed by atoms with van der Waals surface area (Å²) in [6.45, 7) is 5.43. The van der Waals surface area contributed by atoms with Crippen LogP contribution in [0.25, 0.3) is 0 Å². The van der Waals surface area contributed by atoms with Gasteiger partial charge < -0.3 is 10.6 Å². The molecule has 0 aromatic carbocycles. The minimum Gasteiger partial charge on any atom is -0.394 e. The van der Waals surface area contributed by atoms with Crippen LogP contribution in [0.5, 0.6) is 0 Å². The molecule has 2 unspecified atom stereocenters. The summed E-state index contributed by atoms with van der Waals surface area (Å²) in [5, 5.41) is 0.259. The highest BCUT2D eigenvalue weighted by Gasteiger charge is 2.25. The first-order chi connectivity index (χ1) is 7.58. The Bertz CT molecular complexity index is 382. The SMILES string of the molecule is CC1CCC(C)N(c2nc(Cl)ncc2N)C1. The molecule has 1 fully saturated rings. The third-order valence-electron chi connectivity index (χ3n) is 3.16. The van der Waals surface area contributed by atoms with Gasteiger partial charge in [-0.15, -0.1) is 0 Å². The van der Waals surface area contributed by atoms with E-state index in [-0.39, 0.29) is 5.28 Å². The lowest BCUT2D eigenvalue weighted by atomic mass is 9.95. The molecule has 2 heterocycles. The largest absolute Gasteiger partial charge is 0.394 e. The zero-order valence-electron chi connectivity index (χ0n) is 9.65. The van der Waals surface area contributed by atoms with Crippen molar-refractivity contribution < 1.29 is 0 Å². The van der Waals surface area contributed by atoms with Crippen LogP contribution >= 0.6 is 11.6 Å². The number of nitrogens with zero attached hydrogens (tertiary/aromatic N) is 3. The fourth-order valence-electron chi connectivity index (χ4n) is 2.18. The second-order valence-corrected chi connectivity index (χ2v) is 4.94. The zero-order valence-corrected chi connectivity index (χ0v) is 10.4. The highest BCUT2D eigenvalue weighted by molar-refractivity contribution is 6.28. The van der Waals surface area contributed by atoms with Crippen LogP contribution < -0.4 is 10.6 Å². The van der Waals surface area contributed by atoms with Crippen molar-refractivity contribution in [3.05, 3.63) is 11.5 Å². The normalized spacial score (nSPS) is 25.8. The Kier molecular flexibility index (Phi) is 3.19. The van der Waals surface area contributed by atoms with Gasteiger partial charge in [0.1, 0.15) is 0 Å². The number of aromatic nitrogens is 2. The number of nitrogen functional groups attached to an aromatic ring is 1. The molecule has 0 spiro atoms.